The molecule has 0 fully saturated rings. The van der Waals surface area contributed by atoms with E-state index in [1.165, 1.54) is 6.07 Å². The summed E-state index contributed by atoms with van der Waals surface area (Å²) in [4.78, 5) is 0. The van der Waals surface area contributed by atoms with Gasteiger partial charge in [-0.2, -0.15) is 0 Å². The lowest BCUT2D eigenvalue weighted by Gasteiger charge is -2.17. The van der Waals surface area contributed by atoms with Crippen molar-refractivity contribution in [2.24, 2.45) is 0 Å². The maximum absolute atomic E-state index is 13.6. The van der Waals surface area contributed by atoms with Crippen LogP contribution >= 0.6 is 27.5 Å². The van der Waals surface area contributed by atoms with Crippen LogP contribution in [0.4, 0.5) is 4.39 Å². The number of rotatable bonds is 3. The van der Waals surface area contributed by atoms with Gasteiger partial charge in [0, 0.05) is 5.56 Å². The summed E-state index contributed by atoms with van der Waals surface area (Å²) in [6.07, 6.45) is -0.0463. The number of hydrogen-bond donors (Lipinski definition) is 0. The monoisotopic (exact) mass is 306 g/mol. The van der Waals surface area contributed by atoms with Crippen molar-refractivity contribution < 1.29 is 9.13 Å². The zero-order valence-electron chi connectivity index (χ0n) is 9.40. The predicted molar refractivity (Wildman–Crippen MR) is 69.6 cm³/mol. The third-order valence-corrected chi connectivity index (χ3v) is 2.91. The quantitative estimate of drug-likeness (QED) is 0.709. The van der Waals surface area contributed by atoms with E-state index in [0.717, 1.165) is 5.57 Å². The van der Waals surface area contributed by atoms with Crippen molar-refractivity contribution in [3.8, 4) is 5.75 Å². The van der Waals surface area contributed by atoms with Gasteiger partial charge in [-0.25, -0.2) is 4.39 Å². The molecule has 1 nitrogen and oxygen atoms in total. The molecule has 16 heavy (non-hydrogen) atoms. The highest BCUT2D eigenvalue weighted by atomic mass is 79.9. The molecule has 0 heterocycles. The Hall–Kier alpha value is -0.540. The van der Waals surface area contributed by atoms with Gasteiger partial charge >= 0.3 is 0 Å². The third-order valence-electron chi connectivity index (χ3n) is 1.93. The Kier molecular flexibility index (Phi) is 4.39. The molecule has 0 aliphatic carbocycles. The molecule has 0 radical (unpaired) electrons. The lowest BCUT2D eigenvalue weighted by atomic mass is 10.1. The summed E-state index contributed by atoms with van der Waals surface area (Å²) in [6, 6.07) is 1.53. The highest BCUT2D eigenvalue weighted by Crippen LogP contribution is 2.39. The van der Waals surface area contributed by atoms with Crippen LogP contribution in [0.25, 0.3) is 5.57 Å². The third kappa shape index (κ3) is 2.77. The van der Waals surface area contributed by atoms with Gasteiger partial charge in [-0.15, -0.1) is 0 Å². The zero-order valence-corrected chi connectivity index (χ0v) is 11.7. The van der Waals surface area contributed by atoms with Gasteiger partial charge in [-0.1, -0.05) is 18.2 Å². The molecule has 4 heteroatoms. The van der Waals surface area contributed by atoms with Crippen molar-refractivity contribution in [1.82, 2.24) is 0 Å². The van der Waals surface area contributed by atoms with E-state index >= 15 is 0 Å². The number of halogens is 3. The molecular formula is C12H13BrClFO. The lowest BCUT2D eigenvalue weighted by molar-refractivity contribution is 0.239. The van der Waals surface area contributed by atoms with Crippen molar-refractivity contribution in [2.75, 3.05) is 0 Å². The smallest absolute Gasteiger partial charge is 0.159 e. The number of benzene rings is 1. The van der Waals surface area contributed by atoms with E-state index < -0.39 is 5.82 Å². The van der Waals surface area contributed by atoms with Gasteiger partial charge in [-0.3, -0.25) is 0 Å². The summed E-state index contributed by atoms with van der Waals surface area (Å²) in [5.74, 6) is -0.0632. The van der Waals surface area contributed by atoms with Crippen molar-refractivity contribution in [3.63, 3.8) is 0 Å². The molecule has 0 spiro atoms. The van der Waals surface area contributed by atoms with Crippen LogP contribution in [0, 0.1) is 5.82 Å². The van der Waals surface area contributed by atoms with Crippen molar-refractivity contribution in [3.05, 3.63) is 33.5 Å². The molecule has 1 aromatic carbocycles. The van der Waals surface area contributed by atoms with E-state index in [1.807, 2.05) is 20.8 Å². The largest absolute Gasteiger partial charge is 0.489 e. The molecule has 88 valence electrons. The summed E-state index contributed by atoms with van der Waals surface area (Å²) in [5.41, 5.74) is 1.49. The van der Waals surface area contributed by atoms with Crippen LogP contribution in [-0.4, -0.2) is 6.10 Å². The summed E-state index contributed by atoms with van der Waals surface area (Å²) in [5, 5.41) is 0.0565. The van der Waals surface area contributed by atoms with Crippen LogP contribution in [0.1, 0.15) is 26.3 Å². The number of ether oxygens (including phenoxy) is 1. The fourth-order valence-electron chi connectivity index (χ4n) is 1.25. The maximum Gasteiger partial charge on any atom is 0.159 e. The molecule has 0 N–H and O–H groups in total. The molecule has 0 bridgehead atoms. The average molecular weight is 308 g/mol. The van der Waals surface area contributed by atoms with Crippen LogP contribution in [0.3, 0.4) is 0 Å². The molecule has 0 amide bonds. The minimum atomic E-state index is -0.512. The molecular weight excluding hydrogens is 294 g/mol. The van der Waals surface area contributed by atoms with E-state index in [2.05, 4.69) is 22.5 Å². The Morgan fingerprint density at radius 2 is 2.12 bits per heavy atom. The second kappa shape index (κ2) is 5.19. The first-order chi connectivity index (χ1) is 7.34. The highest BCUT2D eigenvalue weighted by Gasteiger charge is 2.18. The predicted octanol–water partition coefficient (Wildman–Crippen LogP) is 5.06. The lowest BCUT2D eigenvalue weighted by Crippen LogP contribution is -2.08. The van der Waals surface area contributed by atoms with Crippen LogP contribution < -0.4 is 4.74 Å². The van der Waals surface area contributed by atoms with Gasteiger partial charge in [-0.05, 0) is 48.3 Å². The maximum atomic E-state index is 13.6. The van der Waals surface area contributed by atoms with E-state index in [4.69, 9.17) is 16.3 Å². The fraction of sp³-hybridized carbons (Fsp3) is 0.333. The second-order valence-electron chi connectivity index (χ2n) is 3.81. The van der Waals surface area contributed by atoms with Gasteiger partial charge in [0.05, 0.1) is 15.6 Å². The first-order valence-electron chi connectivity index (χ1n) is 4.84. The highest BCUT2D eigenvalue weighted by molar-refractivity contribution is 9.10. The molecule has 0 aliphatic rings. The summed E-state index contributed by atoms with van der Waals surface area (Å²) in [7, 11) is 0. The Morgan fingerprint density at radius 3 is 2.56 bits per heavy atom. The Balaban J connectivity index is 3.41. The number of allylic oxidation sites excluding steroid dienone is 1. The van der Waals surface area contributed by atoms with Gasteiger partial charge in [0.15, 0.2) is 5.82 Å². The van der Waals surface area contributed by atoms with E-state index in [-0.39, 0.29) is 15.6 Å². The average Bonchev–Trinajstić information content (AvgIpc) is 2.17. The van der Waals surface area contributed by atoms with Crippen molar-refractivity contribution in [2.45, 2.75) is 26.9 Å². The fourth-order valence-corrected chi connectivity index (χ4v) is 2.08. The standard InChI is InChI=1S/C12H13BrClFO/c1-6(2)8-5-9(14)11(15)10(13)12(8)16-7(3)4/h5,7H,1H2,2-4H3. The Bertz CT molecular complexity index is 430. The van der Waals surface area contributed by atoms with E-state index in [0.29, 0.717) is 11.3 Å². The van der Waals surface area contributed by atoms with Crippen LogP contribution in [0.15, 0.2) is 17.1 Å². The van der Waals surface area contributed by atoms with Crippen LogP contribution in [-0.2, 0) is 0 Å². The molecule has 0 aromatic heterocycles. The van der Waals surface area contributed by atoms with Crippen LogP contribution in [0.5, 0.6) is 5.75 Å². The summed E-state index contributed by atoms with van der Waals surface area (Å²) < 4.78 is 19.4. The first kappa shape index (κ1) is 13.5. The minimum absolute atomic E-state index is 0.0463. The summed E-state index contributed by atoms with van der Waals surface area (Å²) in [6.45, 7) is 9.40. The summed E-state index contributed by atoms with van der Waals surface area (Å²) >= 11 is 8.92. The van der Waals surface area contributed by atoms with E-state index in [9.17, 15) is 4.39 Å². The molecule has 1 rings (SSSR count). The van der Waals surface area contributed by atoms with Crippen molar-refractivity contribution >= 4 is 33.1 Å². The van der Waals surface area contributed by atoms with E-state index in [1.54, 1.807) is 0 Å². The minimum Gasteiger partial charge on any atom is -0.489 e. The molecule has 0 saturated carbocycles. The van der Waals surface area contributed by atoms with Crippen LogP contribution in [0.2, 0.25) is 5.02 Å². The zero-order chi connectivity index (χ0) is 12.5. The first-order valence-corrected chi connectivity index (χ1v) is 6.01. The Morgan fingerprint density at radius 1 is 1.56 bits per heavy atom. The molecule has 1 aromatic rings. The van der Waals surface area contributed by atoms with Gasteiger partial charge in [0.25, 0.3) is 0 Å². The Labute approximate surface area is 108 Å². The van der Waals surface area contributed by atoms with Gasteiger partial charge < -0.3 is 4.74 Å². The van der Waals surface area contributed by atoms with Crippen molar-refractivity contribution in [1.29, 1.82) is 0 Å². The second-order valence-corrected chi connectivity index (χ2v) is 5.01. The molecule has 0 aliphatic heterocycles. The van der Waals surface area contributed by atoms with Gasteiger partial charge in [0.2, 0.25) is 0 Å². The normalized spacial score (nSPS) is 10.7. The molecule has 0 saturated heterocycles. The topological polar surface area (TPSA) is 9.23 Å². The SMILES string of the molecule is C=C(C)c1cc(Cl)c(F)c(Br)c1OC(C)C. The van der Waals surface area contributed by atoms with Gasteiger partial charge in [0.1, 0.15) is 5.75 Å². The number of hydrogen-bond acceptors (Lipinski definition) is 1. The molecule has 0 atom stereocenters. The molecule has 0 unspecified atom stereocenters.